The summed E-state index contributed by atoms with van der Waals surface area (Å²) in [6.45, 7) is 4.43. The van der Waals surface area contributed by atoms with Crippen molar-refractivity contribution in [2.75, 3.05) is 0 Å². The molecule has 28 heavy (non-hydrogen) atoms. The van der Waals surface area contributed by atoms with Crippen LogP contribution in [0.3, 0.4) is 0 Å². The maximum atomic E-state index is 6.55. The van der Waals surface area contributed by atoms with Gasteiger partial charge in [-0.25, -0.2) is 0 Å². The van der Waals surface area contributed by atoms with Crippen molar-refractivity contribution in [1.29, 1.82) is 0 Å². The second-order valence-electron chi connectivity index (χ2n) is 7.38. The van der Waals surface area contributed by atoms with E-state index in [1.165, 1.54) is 44.5 Å². The van der Waals surface area contributed by atoms with Crippen LogP contribution in [0.2, 0.25) is 0 Å². The molecular formula is C25H23Cl2Zr. The van der Waals surface area contributed by atoms with Gasteiger partial charge in [0.15, 0.2) is 0 Å². The number of fused-ring (bicyclic) bond motifs is 1. The van der Waals surface area contributed by atoms with Crippen LogP contribution in [-0.2, 0) is 25.8 Å². The summed E-state index contributed by atoms with van der Waals surface area (Å²) >= 11 is -2.45. The number of aryl methyl sites for hydroxylation is 1. The molecule has 1 aliphatic rings. The van der Waals surface area contributed by atoms with E-state index in [2.05, 4.69) is 86.7 Å². The molecule has 0 nitrogen and oxygen atoms in total. The number of hydrogen-bond acceptors (Lipinski definition) is 0. The fraction of sp³-hybridized carbons (Fsp3) is 0.200. The van der Waals surface area contributed by atoms with Crippen LogP contribution >= 0.6 is 17.0 Å². The Morgan fingerprint density at radius 3 is 2.21 bits per heavy atom. The summed E-state index contributed by atoms with van der Waals surface area (Å²) in [5, 5.41) is 0. The van der Waals surface area contributed by atoms with Gasteiger partial charge in [-0.3, -0.25) is 0 Å². The first-order valence-electron chi connectivity index (χ1n) is 9.78. The number of halogens is 2. The van der Waals surface area contributed by atoms with Crippen LogP contribution in [0, 0.1) is 0 Å². The Balaban J connectivity index is 1.99. The van der Waals surface area contributed by atoms with Gasteiger partial charge in [0.05, 0.1) is 0 Å². The van der Waals surface area contributed by atoms with Crippen molar-refractivity contribution in [3.8, 4) is 22.3 Å². The first kappa shape index (κ1) is 20.1. The summed E-state index contributed by atoms with van der Waals surface area (Å²) < 4.78 is 0.263. The maximum absolute atomic E-state index is 6.55. The monoisotopic (exact) mass is 483 g/mol. The van der Waals surface area contributed by atoms with Crippen molar-refractivity contribution in [2.45, 2.75) is 30.3 Å². The van der Waals surface area contributed by atoms with E-state index in [0.29, 0.717) is 0 Å². The van der Waals surface area contributed by atoms with E-state index >= 15 is 0 Å². The minimum absolute atomic E-state index is 0.263. The third kappa shape index (κ3) is 3.70. The third-order valence-corrected chi connectivity index (χ3v) is 11.1. The normalized spacial score (nSPS) is 15.3. The van der Waals surface area contributed by atoms with Crippen LogP contribution in [0.1, 0.15) is 40.6 Å². The molecule has 0 saturated carbocycles. The van der Waals surface area contributed by atoms with E-state index in [1.807, 2.05) is 0 Å². The molecule has 3 aromatic rings. The van der Waals surface area contributed by atoms with Crippen LogP contribution in [-0.4, -0.2) is 0 Å². The second kappa shape index (κ2) is 8.70. The minimum atomic E-state index is -2.45. The van der Waals surface area contributed by atoms with Crippen molar-refractivity contribution in [2.24, 2.45) is 0 Å². The Bertz CT molecular complexity index is 1020. The molecule has 0 spiro atoms. The predicted molar refractivity (Wildman–Crippen MR) is 119 cm³/mol. The molecule has 0 radical (unpaired) electrons. The van der Waals surface area contributed by atoms with Crippen molar-refractivity contribution in [3.05, 3.63) is 89.0 Å². The summed E-state index contributed by atoms with van der Waals surface area (Å²) in [5.41, 5.74) is 10.6. The van der Waals surface area contributed by atoms with Crippen LogP contribution < -0.4 is 0 Å². The van der Waals surface area contributed by atoms with E-state index < -0.39 is 19.4 Å². The van der Waals surface area contributed by atoms with Gasteiger partial charge in [-0.2, -0.15) is 0 Å². The quantitative estimate of drug-likeness (QED) is 0.341. The van der Waals surface area contributed by atoms with Gasteiger partial charge in [-0.05, 0) is 0 Å². The second-order valence-corrected chi connectivity index (χ2v) is 16.2. The molecule has 1 atom stereocenters. The van der Waals surface area contributed by atoms with Crippen LogP contribution in [0.15, 0.2) is 72.3 Å². The Morgan fingerprint density at radius 1 is 0.857 bits per heavy atom. The summed E-state index contributed by atoms with van der Waals surface area (Å²) in [6.07, 6.45) is 4.52. The number of hydrogen-bond donors (Lipinski definition) is 0. The van der Waals surface area contributed by atoms with Crippen LogP contribution in [0.4, 0.5) is 0 Å². The van der Waals surface area contributed by atoms with Gasteiger partial charge >= 0.3 is 184 Å². The van der Waals surface area contributed by atoms with Gasteiger partial charge in [0.25, 0.3) is 0 Å². The molecule has 0 heterocycles. The molecular weight excluding hydrogens is 462 g/mol. The summed E-state index contributed by atoms with van der Waals surface area (Å²) in [4.78, 5) is 0. The molecule has 0 fully saturated rings. The van der Waals surface area contributed by atoms with Gasteiger partial charge in [0.2, 0.25) is 0 Å². The van der Waals surface area contributed by atoms with Crippen molar-refractivity contribution < 1.29 is 19.4 Å². The molecule has 4 rings (SSSR count). The van der Waals surface area contributed by atoms with E-state index in [-0.39, 0.29) is 3.63 Å². The molecule has 0 aliphatic heterocycles. The van der Waals surface area contributed by atoms with E-state index in [0.717, 1.165) is 12.8 Å². The van der Waals surface area contributed by atoms with Gasteiger partial charge in [-0.15, -0.1) is 0 Å². The average molecular weight is 486 g/mol. The molecule has 0 amide bonds. The molecule has 1 aliphatic carbocycles. The zero-order chi connectivity index (χ0) is 19.7. The summed E-state index contributed by atoms with van der Waals surface area (Å²) in [5.74, 6) is 0. The molecule has 3 heteroatoms. The Hall–Kier alpha value is -1.14. The zero-order valence-electron chi connectivity index (χ0n) is 16.2. The van der Waals surface area contributed by atoms with Gasteiger partial charge in [0.1, 0.15) is 0 Å². The summed E-state index contributed by atoms with van der Waals surface area (Å²) in [6, 6.07) is 24.0. The van der Waals surface area contributed by atoms with Gasteiger partial charge in [-0.1, -0.05) is 0 Å². The molecule has 0 saturated heterocycles. The Kier molecular flexibility index (Phi) is 6.26. The topological polar surface area (TPSA) is 0 Å². The fourth-order valence-corrected chi connectivity index (χ4v) is 9.98. The van der Waals surface area contributed by atoms with Crippen LogP contribution in [0.5, 0.6) is 0 Å². The molecule has 0 bridgehead atoms. The zero-order valence-corrected chi connectivity index (χ0v) is 20.1. The van der Waals surface area contributed by atoms with E-state index in [9.17, 15) is 0 Å². The first-order chi connectivity index (χ1) is 13.6. The van der Waals surface area contributed by atoms with Gasteiger partial charge < -0.3 is 0 Å². The Morgan fingerprint density at radius 2 is 1.54 bits per heavy atom. The number of rotatable bonds is 5. The third-order valence-electron chi connectivity index (χ3n) is 5.52. The molecule has 0 aromatic heterocycles. The standard InChI is InChI=1S/C25H23.2ClH.Zr/c1-3-9-20-14-15-21-16-18(2)17-24(21)25(20)23-13-8-7-12-22(23)19-10-5-4-6-11-19;;;/h4-8,10-17H,3,9H2,1-2H3;2*1H;/q;;;+2/p-2. The predicted octanol–water partition coefficient (Wildman–Crippen LogP) is 8.36. The fourth-order valence-electron chi connectivity index (χ4n) is 4.30. The molecule has 0 N–H and O–H groups in total. The SMILES string of the molecule is CCCc1ccc2c(c1-c1ccccc1-c1ccccc1)C=C(C)[CH]2[Zr]([Cl])[Cl]. The Labute approximate surface area is 183 Å². The van der Waals surface area contributed by atoms with Crippen molar-refractivity contribution in [3.63, 3.8) is 0 Å². The van der Waals surface area contributed by atoms with Gasteiger partial charge in [0, 0.05) is 0 Å². The van der Waals surface area contributed by atoms with E-state index in [4.69, 9.17) is 17.0 Å². The summed E-state index contributed by atoms with van der Waals surface area (Å²) in [7, 11) is 13.1. The van der Waals surface area contributed by atoms with E-state index in [1.54, 1.807) is 0 Å². The molecule has 141 valence electrons. The molecule has 3 aromatic carbocycles. The number of allylic oxidation sites excluding steroid dienone is 1. The van der Waals surface area contributed by atoms with Crippen LogP contribution in [0.25, 0.3) is 28.3 Å². The average Bonchev–Trinajstić information content (AvgIpc) is 3.05. The van der Waals surface area contributed by atoms with Crippen molar-refractivity contribution in [1.82, 2.24) is 0 Å². The first-order valence-corrected chi connectivity index (χ1v) is 17.5. The van der Waals surface area contributed by atoms with Crippen molar-refractivity contribution >= 4 is 23.1 Å². The number of benzene rings is 3. The molecule has 1 unspecified atom stereocenters.